The largest absolute Gasteiger partial charge is 0.508 e. The van der Waals surface area contributed by atoms with Crippen molar-refractivity contribution < 1.29 is 19.2 Å². The number of carbonyl (C=O) groups excluding carboxylic acids is 2. The Kier molecular flexibility index (Phi) is 25.5. The van der Waals surface area contributed by atoms with Gasteiger partial charge in [-0.3, -0.25) is 14.6 Å². The zero-order valence-corrected chi connectivity index (χ0v) is 27.4. The highest BCUT2D eigenvalue weighted by Gasteiger charge is 2.22. The molecule has 0 fully saturated rings. The molecule has 13 nitrogen and oxygen atoms in total. The molecule has 0 saturated heterocycles. The molecule has 0 aliphatic heterocycles. The number of aliphatic imine (C=N–C) groups is 1. The molecular formula is C33H57N9O4. The third-order valence-corrected chi connectivity index (χ3v) is 5.79. The number of nitrogens with one attached hydrogen (secondary N) is 2. The Bertz CT molecular complexity index is 1240. The SMILES string of the molecule is C.CC.CCCCN.CCCN=C(N)N.Cc1cc(O)ccc1CC(NC(=O)CN)C(=O)NCc1nc(Cc2ccccc2)no1. The summed E-state index contributed by atoms with van der Waals surface area (Å²) in [6.45, 7) is 11.4. The average Bonchev–Trinajstić information content (AvgIpc) is 3.49. The number of carbonyl (C=O) groups is 2. The van der Waals surface area contributed by atoms with Crippen LogP contribution in [0.3, 0.4) is 0 Å². The Hall–Kier alpha value is -4.49. The third kappa shape index (κ3) is 19.7. The predicted octanol–water partition coefficient (Wildman–Crippen LogP) is 3.05. The summed E-state index contributed by atoms with van der Waals surface area (Å²) in [5.74, 6) is 0.251. The van der Waals surface area contributed by atoms with E-state index in [1.807, 2.05) is 58.0 Å². The number of guanidine groups is 1. The molecule has 0 radical (unpaired) electrons. The standard InChI is InChI=1S/C22H25N5O4.C4H11N3.C4H11N.C2H6.CH4/c1-14-9-17(28)8-7-16(14)11-18(25-20(29)12-23)22(30)24-13-21-26-19(27-31-21)10-15-5-3-2-4-6-15;1-2-3-7-4(5)6;1-2-3-4-5;1-2;/h2-9,18,28H,10-13,23H2,1H3,(H,24,30)(H,25,29);2-3H2,1H3,(H4,5,6,7);2-5H2,1H3;1-2H3;1H4. The van der Waals surface area contributed by atoms with Crippen LogP contribution in [0, 0.1) is 6.92 Å². The summed E-state index contributed by atoms with van der Waals surface area (Å²) in [6, 6.07) is 13.7. The van der Waals surface area contributed by atoms with Gasteiger partial charge in [0.1, 0.15) is 11.8 Å². The fourth-order valence-electron chi connectivity index (χ4n) is 3.53. The molecule has 2 amide bonds. The lowest BCUT2D eigenvalue weighted by molar-refractivity contribution is -0.128. The van der Waals surface area contributed by atoms with Crippen LogP contribution in [0.25, 0.3) is 0 Å². The third-order valence-electron chi connectivity index (χ3n) is 5.79. The second kappa shape index (κ2) is 26.9. The number of benzene rings is 2. The van der Waals surface area contributed by atoms with E-state index in [1.54, 1.807) is 12.1 Å². The molecule has 13 heteroatoms. The van der Waals surface area contributed by atoms with E-state index in [0.717, 1.165) is 36.2 Å². The number of hydrogen-bond donors (Lipinski definition) is 7. The van der Waals surface area contributed by atoms with Crippen molar-refractivity contribution in [3.8, 4) is 5.75 Å². The highest BCUT2D eigenvalue weighted by Crippen LogP contribution is 2.17. The molecule has 0 aliphatic rings. The van der Waals surface area contributed by atoms with Gasteiger partial charge in [-0.2, -0.15) is 4.98 Å². The molecule has 2 aromatic carbocycles. The van der Waals surface area contributed by atoms with Crippen molar-refractivity contribution >= 4 is 17.8 Å². The van der Waals surface area contributed by atoms with Gasteiger partial charge in [-0.05, 0) is 55.1 Å². The fourth-order valence-corrected chi connectivity index (χ4v) is 3.53. The zero-order chi connectivity index (χ0) is 34.0. The van der Waals surface area contributed by atoms with Gasteiger partial charge in [0.05, 0.1) is 13.1 Å². The summed E-state index contributed by atoms with van der Waals surface area (Å²) in [6.07, 6.45) is 4.15. The first kappa shape index (κ1) is 43.6. The first-order valence-corrected chi connectivity index (χ1v) is 15.3. The average molecular weight is 644 g/mol. The van der Waals surface area contributed by atoms with Crippen LogP contribution in [-0.4, -0.2) is 58.7 Å². The molecule has 1 heterocycles. The maximum Gasteiger partial charge on any atom is 0.246 e. The fraction of sp³-hybridized carbons (Fsp3) is 0.485. The normalized spacial score (nSPS) is 10.2. The summed E-state index contributed by atoms with van der Waals surface area (Å²) in [4.78, 5) is 32.6. The van der Waals surface area contributed by atoms with Crippen molar-refractivity contribution in [2.75, 3.05) is 19.6 Å². The topological polar surface area (TPSA) is 234 Å². The van der Waals surface area contributed by atoms with Crippen LogP contribution in [0.1, 0.15) is 82.8 Å². The number of phenols is 1. The van der Waals surface area contributed by atoms with E-state index in [0.29, 0.717) is 12.2 Å². The second-order valence-corrected chi connectivity index (χ2v) is 9.57. The van der Waals surface area contributed by atoms with Crippen LogP contribution >= 0.6 is 0 Å². The minimum atomic E-state index is -0.842. The maximum absolute atomic E-state index is 12.7. The highest BCUT2D eigenvalue weighted by atomic mass is 16.5. The maximum atomic E-state index is 12.7. The molecule has 1 unspecified atom stereocenters. The van der Waals surface area contributed by atoms with Crippen molar-refractivity contribution in [1.29, 1.82) is 0 Å². The zero-order valence-electron chi connectivity index (χ0n) is 27.4. The minimum absolute atomic E-state index is 0. The molecule has 1 aromatic heterocycles. The number of aromatic nitrogens is 2. The number of hydrogen-bond acceptors (Lipinski definition) is 9. The van der Waals surface area contributed by atoms with Gasteiger partial charge < -0.3 is 43.2 Å². The summed E-state index contributed by atoms with van der Waals surface area (Å²) in [5, 5.41) is 18.9. The van der Waals surface area contributed by atoms with Crippen LogP contribution in [0.4, 0.5) is 0 Å². The van der Waals surface area contributed by atoms with Crippen LogP contribution in [-0.2, 0) is 29.0 Å². The Labute approximate surface area is 274 Å². The van der Waals surface area contributed by atoms with Crippen molar-refractivity contribution in [1.82, 2.24) is 20.8 Å². The van der Waals surface area contributed by atoms with Crippen LogP contribution in [0.15, 0.2) is 58.0 Å². The van der Waals surface area contributed by atoms with Crippen molar-refractivity contribution in [3.63, 3.8) is 0 Å². The van der Waals surface area contributed by atoms with Gasteiger partial charge in [0.15, 0.2) is 11.8 Å². The number of aromatic hydroxyl groups is 1. The molecule has 258 valence electrons. The summed E-state index contributed by atoms with van der Waals surface area (Å²) in [5.41, 5.74) is 23.2. The Balaban J connectivity index is 0. The number of nitrogens with two attached hydrogens (primary N) is 4. The van der Waals surface area contributed by atoms with Crippen molar-refractivity contribution in [2.45, 2.75) is 86.7 Å². The number of rotatable bonds is 13. The molecule has 0 aliphatic carbocycles. The van der Waals surface area contributed by atoms with Gasteiger partial charge in [0.25, 0.3) is 0 Å². The Morgan fingerprint density at radius 3 is 2.22 bits per heavy atom. The molecule has 11 N–H and O–H groups in total. The van der Waals surface area contributed by atoms with Crippen LogP contribution < -0.4 is 33.6 Å². The molecule has 0 bridgehead atoms. The second-order valence-electron chi connectivity index (χ2n) is 9.57. The van der Waals surface area contributed by atoms with E-state index < -0.39 is 17.9 Å². The van der Waals surface area contributed by atoms with E-state index in [9.17, 15) is 14.7 Å². The summed E-state index contributed by atoms with van der Waals surface area (Å²) in [7, 11) is 0. The van der Waals surface area contributed by atoms with E-state index in [4.69, 9.17) is 27.5 Å². The molecule has 0 spiro atoms. The van der Waals surface area contributed by atoms with Crippen LogP contribution in [0.5, 0.6) is 5.75 Å². The lowest BCUT2D eigenvalue weighted by atomic mass is 10.00. The quantitative estimate of drug-likeness (QED) is 0.106. The molecule has 1 atom stereocenters. The lowest BCUT2D eigenvalue weighted by Gasteiger charge is -2.19. The number of amides is 2. The number of phenolic OH excluding ortho intramolecular Hbond substituents is 1. The highest BCUT2D eigenvalue weighted by molar-refractivity contribution is 5.88. The van der Waals surface area contributed by atoms with E-state index in [2.05, 4.69) is 32.7 Å². The minimum Gasteiger partial charge on any atom is -0.508 e. The number of unbranched alkanes of at least 4 members (excludes halogenated alkanes) is 1. The monoisotopic (exact) mass is 643 g/mol. The lowest BCUT2D eigenvalue weighted by Crippen LogP contribution is -2.49. The van der Waals surface area contributed by atoms with Gasteiger partial charge in [-0.1, -0.05) is 83.1 Å². The molecule has 0 saturated carbocycles. The van der Waals surface area contributed by atoms with E-state index in [-0.39, 0.29) is 44.5 Å². The Morgan fingerprint density at radius 1 is 1.04 bits per heavy atom. The van der Waals surface area contributed by atoms with Crippen LogP contribution in [0.2, 0.25) is 0 Å². The van der Waals surface area contributed by atoms with Crippen molar-refractivity contribution in [2.24, 2.45) is 27.9 Å². The van der Waals surface area contributed by atoms with Gasteiger partial charge in [0, 0.05) is 19.4 Å². The number of aryl methyl sites for hydroxylation is 1. The van der Waals surface area contributed by atoms with Gasteiger partial charge >= 0.3 is 0 Å². The summed E-state index contributed by atoms with van der Waals surface area (Å²) >= 11 is 0. The predicted molar refractivity (Wildman–Crippen MR) is 186 cm³/mol. The van der Waals surface area contributed by atoms with E-state index in [1.165, 1.54) is 18.9 Å². The summed E-state index contributed by atoms with van der Waals surface area (Å²) < 4.78 is 5.21. The molecule has 3 rings (SSSR count). The molecule has 46 heavy (non-hydrogen) atoms. The Morgan fingerprint density at radius 2 is 1.72 bits per heavy atom. The van der Waals surface area contributed by atoms with Gasteiger partial charge in [0.2, 0.25) is 17.7 Å². The molecular weight excluding hydrogens is 586 g/mol. The first-order chi connectivity index (χ1) is 21.6. The number of nitrogens with zero attached hydrogens (tertiary/aromatic N) is 3. The smallest absolute Gasteiger partial charge is 0.246 e. The van der Waals surface area contributed by atoms with Gasteiger partial charge in [-0.25, -0.2) is 0 Å². The van der Waals surface area contributed by atoms with Gasteiger partial charge in [-0.15, -0.1) is 0 Å². The van der Waals surface area contributed by atoms with E-state index >= 15 is 0 Å². The van der Waals surface area contributed by atoms with Crippen molar-refractivity contribution in [3.05, 3.63) is 76.9 Å². The molecule has 3 aromatic rings. The first-order valence-electron chi connectivity index (χ1n) is 15.3.